The van der Waals surface area contributed by atoms with Gasteiger partial charge in [-0.2, -0.15) is 0 Å². The Morgan fingerprint density at radius 1 is 1.33 bits per heavy atom. The molecule has 0 bridgehead atoms. The van der Waals surface area contributed by atoms with Crippen LogP contribution in [0, 0.1) is 12.7 Å². The first-order valence-electron chi connectivity index (χ1n) is 5.46. The van der Waals surface area contributed by atoms with Crippen molar-refractivity contribution in [3.8, 4) is 0 Å². The quantitative estimate of drug-likeness (QED) is 0.663. The molecule has 0 saturated carbocycles. The molecule has 0 aliphatic carbocycles. The van der Waals surface area contributed by atoms with Crippen LogP contribution < -0.4 is 11.3 Å². The predicted molar refractivity (Wildman–Crippen MR) is 69.6 cm³/mol. The zero-order valence-corrected chi connectivity index (χ0v) is 10.6. The number of aromatic nitrogens is 1. The molecule has 0 amide bonds. The van der Waals surface area contributed by atoms with Gasteiger partial charge in [0, 0.05) is 22.5 Å². The lowest BCUT2D eigenvalue weighted by molar-refractivity contribution is 0.559. The molecule has 0 spiro atoms. The highest BCUT2D eigenvalue weighted by molar-refractivity contribution is 6.31. The first-order chi connectivity index (χ1) is 8.63. The first-order valence-corrected chi connectivity index (χ1v) is 5.84. The Labute approximate surface area is 110 Å². The molecule has 0 saturated heterocycles. The van der Waals surface area contributed by atoms with Crippen molar-refractivity contribution >= 4 is 11.6 Å². The summed E-state index contributed by atoms with van der Waals surface area (Å²) in [5.41, 5.74) is 4.54. The van der Waals surface area contributed by atoms with Gasteiger partial charge in [0.2, 0.25) is 0 Å². The van der Waals surface area contributed by atoms with Crippen molar-refractivity contribution in [3.63, 3.8) is 0 Å². The van der Waals surface area contributed by atoms with Crippen molar-refractivity contribution < 1.29 is 4.39 Å². The first kappa shape index (κ1) is 13.0. The van der Waals surface area contributed by atoms with E-state index in [4.69, 9.17) is 17.4 Å². The Morgan fingerprint density at radius 3 is 2.67 bits per heavy atom. The highest BCUT2D eigenvalue weighted by atomic mass is 35.5. The lowest BCUT2D eigenvalue weighted by Gasteiger charge is -2.18. The number of pyridine rings is 1. The van der Waals surface area contributed by atoms with Crippen LogP contribution in [0.4, 0.5) is 4.39 Å². The summed E-state index contributed by atoms with van der Waals surface area (Å²) in [6.45, 7) is 1.88. The van der Waals surface area contributed by atoms with E-state index in [9.17, 15) is 4.39 Å². The highest BCUT2D eigenvalue weighted by Crippen LogP contribution is 2.29. The fraction of sp³-hybridized carbons (Fsp3) is 0.154. The van der Waals surface area contributed by atoms with Gasteiger partial charge in [-0.15, -0.1) is 0 Å². The van der Waals surface area contributed by atoms with Crippen LogP contribution in [0.15, 0.2) is 36.5 Å². The van der Waals surface area contributed by atoms with Crippen molar-refractivity contribution in [2.45, 2.75) is 13.0 Å². The van der Waals surface area contributed by atoms with Gasteiger partial charge in [0.15, 0.2) is 0 Å². The summed E-state index contributed by atoms with van der Waals surface area (Å²) in [6.07, 6.45) is 1.66. The summed E-state index contributed by atoms with van der Waals surface area (Å²) in [5, 5.41) is 0.332. The maximum absolute atomic E-state index is 13.9. The van der Waals surface area contributed by atoms with Crippen molar-refractivity contribution in [1.82, 2.24) is 10.4 Å². The monoisotopic (exact) mass is 265 g/mol. The summed E-state index contributed by atoms with van der Waals surface area (Å²) in [4.78, 5) is 4.17. The van der Waals surface area contributed by atoms with Crippen LogP contribution in [0.2, 0.25) is 5.02 Å². The van der Waals surface area contributed by atoms with Gasteiger partial charge in [-0.3, -0.25) is 10.8 Å². The van der Waals surface area contributed by atoms with Crippen LogP contribution >= 0.6 is 11.6 Å². The molecule has 3 nitrogen and oxygen atoms in total. The normalized spacial score (nSPS) is 12.4. The van der Waals surface area contributed by atoms with Crippen LogP contribution in [0.5, 0.6) is 0 Å². The average Bonchev–Trinajstić information content (AvgIpc) is 2.35. The van der Waals surface area contributed by atoms with E-state index in [2.05, 4.69) is 10.4 Å². The minimum absolute atomic E-state index is 0.326. The van der Waals surface area contributed by atoms with E-state index in [1.165, 1.54) is 6.07 Å². The highest BCUT2D eigenvalue weighted by Gasteiger charge is 2.19. The van der Waals surface area contributed by atoms with Crippen LogP contribution in [-0.2, 0) is 0 Å². The molecule has 1 aromatic carbocycles. The van der Waals surface area contributed by atoms with Crippen molar-refractivity contribution in [3.05, 3.63) is 64.2 Å². The third-order valence-corrected chi connectivity index (χ3v) is 3.05. The van der Waals surface area contributed by atoms with Gasteiger partial charge < -0.3 is 0 Å². The van der Waals surface area contributed by atoms with Gasteiger partial charge in [-0.1, -0.05) is 23.7 Å². The van der Waals surface area contributed by atoms with Gasteiger partial charge in [-0.25, -0.2) is 9.82 Å². The van der Waals surface area contributed by atoms with Crippen molar-refractivity contribution in [2.75, 3.05) is 0 Å². The molecule has 18 heavy (non-hydrogen) atoms. The molecule has 0 radical (unpaired) electrons. The minimum Gasteiger partial charge on any atom is -0.271 e. The van der Waals surface area contributed by atoms with E-state index < -0.39 is 11.9 Å². The number of nitrogens with one attached hydrogen (secondary N) is 1. The van der Waals surface area contributed by atoms with E-state index >= 15 is 0 Å². The summed E-state index contributed by atoms with van der Waals surface area (Å²) < 4.78 is 13.9. The van der Waals surface area contributed by atoms with Gasteiger partial charge >= 0.3 is 0 Å². The number of benzene rings is 1. The summed E-state index contributed by atoms with van der Waals surface area (Å²) in [6, 6.07) is 7.71. The maximum atomic E-state index is 13.9. The second-order valence-electron chi connectivity index (χ2n) is 3.97. The molecule has 1 unspecified atom stereocenters. The molecule has 2 rings (SSSR count). The Bertz CT molecular complexity index is 522. The summed E-state index contributed by atoms with van der Waals surface area (Å²) in [5.74, 6) is 5.11. The molecular formula is C13H13ClFN3. The van der Waals surface area contributed by atoms with Gasteiger partial charge in [0.1, 0.15) is 5.82 Å². The molecule has 2 aromatic rings. The molecule has 1 atom stereocenters. The van der Waals surface area contributed by atoms with E-state index in [-0.39, 0.29) is 0 Å². The smallest absolute Gasteiger partial charge is 0.129 e. The Kier molecular flexibility index (Phi) is 3.91. The SMILES string of the molecule is Cc1ccc(C(NN)c2c(F)cccc2Cl)cn1. The fourth-order valence-electron chi connectivity index (χ4n) is 1.78. The standard InChI is InChI=1S/C13H13ClFN3/c1-8-5-6-9(7-17-8)13(18-16)12-10(14)3-2-4-11(12)15/h2-7,13,18H,16H2,1H3. The molecule has 5 heteroatoms. The predicted octanol–water partition coefficient (Wildman–Crippen LogP) is 2.74. The molecule has 0 aliphatic heterocycles. The largest absolute Gasteiger partial charge is 0.271 e. The van der Waals surface area contributed by atoms with Crippen LogP contribution in [0.3, 0.4) is 0 Å². The van der Waals surface area contributed by atoms with Crippen molar-refractivity contribution in [1.29, 1.82) is 0 Å². The molecule has 1 heterocycles. The Morgan fingerprint density at radius 2 is 2.11 bits per heavy atom. The number of halogens is 2. The number of aryl methyl sites for hydroxylation is 1. The van der Waals surface area contributed by atoms with E-state index in [0.717, 1.165) is 11.3 Å². The lowest BCUT2D eigenvalue weighted by atomic mass is 10.00. The minimum atomic E-state index is -0.521. The number of rotatable bonds is 3. The zero-order valence-electron chi connectivity index (χ0n) is 9.82. The Hall–Kier alpha value is -1.49. The van der Waals surface area contributed by atoms with Gasteiger partial charge in [-0.05, 0) is 30.7 Å². The summed E-state index contributed by atoms with van der Waals surface area (Å²) >= 11 is 6.03. The van der Waals surface area contributed by atoms with Crippen LogP contribution in [0.1, 0.15) is 22.9 Å². The lowest BCUT2D eigenvalue weighted by Crippen LogP contribution is -2.30. The third-order valence-electron chi connectivity index (χ3n) is 2.72. The maximum Gasteiger partial charge on any atom is 0.129 e. The summed E-state index contributed by atoms with van der Waals surface area (Å²) in [7, 11) is 0. The average molecular weight is 266 g/mol. The van der Waals surface area contributed by atoms with E-state index in [1.54, 1.807) is 18.3 Å². The molecule has 0 fully saturated rings. The van der Waals surface area contributed by atoms with Gasteiger partial charge in [0.05, 0.1) is 6.04 Å². The zero-order chi connectivity index (χ0) is 13.1. The number of hydrogen-bond donors (Lipinski definition) is 2. The van der Waals surface area contributed by atoms with Gasteiger partial charge in [0.25, 0.3) is 0 Å². The van der Waals surface area contributed by atoms with Crippen molar-refractivity contribution in [2.24, 2.45) is 5.84 Å². The third kappa shape index (κ3) is 2.51. The fourth-order valence-corrected chi connectivity index (χ4v) is 2.05. The molecule has 1 aromatic heterocycles. The Balaban J connectivity index is 2.48. The molecular weight excluding hydrogens is 253 g/mol. The second-order valence-corrected chi connectivity index (χ2v) is 4.38. The number of nitrogens with zero attached hydrogens (tertiary/aromatic N) is 1. The van der Waals surface area contributed by atoms with Crippen LogP contribution in [-0.4, -0.2) is 4.98 Å². The van der Waals surface area contributed by atoms with E-state index in [0.29, 0.717) is 10.6 Å². The topological polar surface area (TPSA) is 50.9 Å². The van der Waals surface area contributed by atoms with Crippen LogP contribution in [0.25, 0.3) is 0 Å². The molecule has 0 aliphatic rings. The number of hydrogen-bond acceptors (Lipinski definition) is 3. The number of hydrazine groups is 1. The number of nitrogens with two attached hydrogens (primary N) is 1. The molecule has 3 N–H and O–H groups in total. The molecule has 94 valence electrons. The second kappa shape index (κ2) is 5.44. The van der Waals surface area contributed by atoms with E-state index in [1.807, 2.05) is 19.1 Å².